The molecule has 0 bridgehead atoms. The summed E-state index contributed by atoms with van der Waals surface area (Å²) in [4.78, 5) is 4.51. The zero-order valence-electron chi connectivity index (χ0n) is 9.64. The molecular formula is C12H11F3N2S. The molecule has 0 saturated heterocycles. The van der Waals surface area contributed by atoms with Crippen LogP contribution in [0.4, 0.5) is 18.3 Å². The van der Waals surface area contributed by atoms with E-state index in [1.165, 1.54) is 17.5 Å². The van der Waals surface area contributed by atoms with Gasteiger partial charge in [-0.25, -0.2) is 18.2 Å². The van der Waals surface area contributed by atoms with Crippen molar-refractivity contribution in [1.82, 2.24) is 4.98 Å². The first-order valence-corrected chi connectivity index (χ1v) is 6.28. The molecule has 2 aromatic rings. The van der Waals surface area contributed by atoms with Gasteiger partial charge in [0.05, 0.1) is 4.88 Å². The lowest BCUT2D eigenvalue weighted by Crippen LogP contribution is -1.97. The van der Waals surface area contributed by atoms with E-state index in [-0.39, 0.29) is 5.56 Å². The molecule has 0 aliphatic heterocycles. The van der Waals surface area contributed by atoms with Gasteiger partial charge in [-0.05, 0) is 12.5 Å². The maximum absolute atomic E-state index is 13.5. The number of hydrogen-bond donors (Lipinski definition) is 1. The van der Waals surface area contributed by atoms with Gasteiger partial charge in [0.15, 0.2) is 16.8 Å². The molecule has 1 aromatic carbocycles. The van der Waals surface area contributed by atoms with Gasteiger partial charge >= 0.3 is 0 Å². The molecule has 2 rings (SSSR count). The van der Waals surface area contributed by atoms with E-state index in [1.807, 2.05) is 6.92 Å². The molecule has 0 fully saturated rings. The van der Waals surface area contributed by atoms with Gasteiger partial charge in [-0.3, -0.25) is 0 Å². The summed E-state index contributed by atoms with van der Waals surface area (Å²) in [5, 5.41) is 3.68. The Hall–Kier alpha value is -1.56. The van der Waals surface area contributed by atoms with Crippen LogP contribution in [0.1, 0.15) is 13.3 Å². The van der Waals surface area contributed by atoms with Crippen molar-refractivity contribution in [2.45, 2.75) is 13.3 Å². The summed E-state index contributed by atoms with van der Waals surface area (Å²) >= 11 is 1.20. The number of benzene rings is 1. The highest BCUT2D eigenvalue weighted by Crippen LogP contribution is 2.31. The Morgan fingerprint density at radius 2 is 1.89 bits per heavy atom. The van der Waals surface area contributed by atoms with E-state index in [9.17, 15) is 13.2 Å². The largest absolute Gasteiger partial charge is 0.362 e. The standard InChI is InChI=1S/C12H11F3N2S/c1-2-3-16-12-17-6-11(18-12)7-4-9(14)10(15)5-8(7)13/h4-6H,2-3H2,1H3,(H,16,17). The molecule has 18 heavy (non-hydrogen) atoms. The third-order valence-electron chi connectivity index (χ3n) is 2.31. The van der Waals surface area contributed by atoms with Crippen LogP contribution in [0.25, 0.3) is 10.4 Å². The van der Waals surface area contributed by atoms with Crippen molar-refractivity contribution in [3.63, 3.8) is 0 Å². The smallest absolute Gasteiger partial charge is 0.183 e. The second-order valence-corrected chi connectivity index (χ2v) is 4.73. The molecule has 1 aromatic heterocycles. The van der Waals surface area contributed by atoms with Crippen molar-refractivity contribution < 1.29 is 13.2 Å². The number of halogens is 3. The summed E-state index contributed by atoms with van der Waals surface area (Å²) in [6.45, 7) is 2.77. The molecular weight excluding hydrogens is 261 g/mol. The summed E-state index contributed by atoms with van der Waals surface area (Å²) in [6.07, 6.45) is 2.38. The third kappa shape index (κ3) is 2.64. The molecule has 96 valence electrons. The van der Waals surface area contributed by atoms with Crippen LogP contribution in [-0.2, 0) is 0 Å². The van der Waals surface area contributed by atoms with E-state index in [0.717, 1.165) is 19.0 Å². The maximum Gasteiger partial charge on any atom is 0.183 e. The SMILES string of the molecule is CCCNc1ncc(-c2cc(F)c(F)cc2F)s1. The average Bonchev–Trinajstić information content (AvgIpc) is 2.79. The summed E-state index contributed by atoms with van der Waals surface area (Å²) < 4.78 is 39.4. The number of nitrogens with one attached hydrogen (secondary N) is 1. The van der Waals surface area contributed by atoms with Gasteiger partial charge in [0.25, 0.3) is 0 Å². The number of thiazole rings is 1. The minimum atomic E-state index is -1.19. The molecule has 1 heterocycles. The van der Waals surface area contributed by atoms with Gasteiger partial charge in [0.2, 0.25) is 0 Å². The fourth-order valence-electron chi connectivity index (χ4n) is 1.42. The normalized spacial score (nSPS) is 10.7. The average molecular weight is 272 g/mol. The maximum atomic E-state index is 13.5. The summed E-state index contributed by atoms with van der Waals surface area (Å²) in [5.41, 5.74) is 0.0240. The zero-order valence-corrected chi connectivity index (χ0v) is 10.5. The third-order valence-corrected chi connectivity index (χ3v) is 3.30. The van der Waals surface area contributed by atoms with Gasteiger partial charge in [0.1, 0.15) is 5.82 Å². The molecule has 0 amide bonds. The Morgan fingerprint density at radius 3 is 2.61 bits per heavy atom. The van der Waals surface area contributed by atoms with Crippen molar-refractivity contribution in [2.24, 2.45) is 0 Å². The van der Waals surface area contributed by atoms with Crippen LogP contribution >= 0.6 is 11.3 Å². The summed E-state index contributed by atoms with van der Waals surface area (Å²) in [5.74, 6) is -3.05. The Bertz CT molecular complexity index is 554. The highest BCUT2D eigenvalue weighted by Gasteiger charge is 2.13. The lowest BCUT2D eigenvalue weighted by Gasteiger charge is -2.01. The van der Waals surface area contributed by atoms with Gasteiger partial charge < -0.3 is 5.32 Å². The molecule has 0 spiro atoms. The van der Waals surface area contributed by atoms with Crippen LogP contribution < -0.4 is 5.32 Å². The number of nitrogens with zero attached hydrogens (tertiary/aromatic N) is 1. The first kappa shape index (κ1) is 12.9. The van der Waals surface area contributed by atoms with E-state index >= 15 is 0 Å². The Morgan fingerprint density at radius 1 is 1.17 bits per heavy atom. The van der Waals surface area contributed by atoms with Crippen molar-refractivity contribution in [3.05, 3.63) is 35.8 Å². The lowest BCUT2D eigenvalue weighted by atomic mass is 10.2. The first-order valence-electron chi connectivity index (χ1n) is 5.46. The van der Waals surface area contributed by atoms with Crippen molar-refractivity contribution in [2.75, 3.05) is 11.9 Å². The number of anilines is 1. The van der Waals surface area contributed by atoms with Gasteiger partial charge in [-0.15, -0.1) is 0 Å². The van der Waals surface area contributed by atoms with Crippen LogP contribution in [0.2, 0.25) is 0 Å². The molecule has 0 saturated carbocycles. The monoisotopic (exact) mass is 272 g/mol. The van der Waals surface area contributed by atoms with Crippen LogP contribution in [-0.4, -0.2) is 11.5 Å². The molecule has 0 atom stereocenters. The van der Waals surface area contributed by atoms with Gasteiger partial charge in [-0.2, -0.15) is 0 Å². The second kappa shape index (κ2) is 5.39. The van der Waals surface area contributed by atoms with Crippen LogP contribution in [0, 0.1) is 17.5 Å². The molecule has 0 aliphatic carbocycles. The van der Waals surface area contributed by atoms with Crippen molar-refractivity contribution in [3.8, 4) is 10.4 Å². The molecule has 0 radical (unpaired) electrons. The number of hydrogen-bond acceptors (Lipinski definition) is 3. The van der Waals surface area contributed by atoms with E-state index in [4.69, 9.17) is 0 Å². The van der Waals surface area contributed by atoms with Crippen molar-refractivity contribution >= 4 is 16.5 Å². The number of rotatable bonds is 4. The van der Waals surface area contributed by atoms with E-state index in [2.05, 4.69) is 10.3 Å². The fraction of sp³-hybridized carbons (Fsp3) is 0.250. The van der Waals surface area contributed by atoms with Crippen LogP contribution in [0.5, 0.6) is 0 Å². The Labute approximate surface area is 106 Å². The predicted octanol–water partition coefficient (Wildman–Crippen LogP) is 4.05. The molecule has 1 N–H and O–H groups in total. The molecule has 0 unspecified atom stereocenters. The predicted molar refractivity (Wildman–Crippen MR) is 66.2 cm³/mol. The van der Waals surface area contributed by atoms with Gasteiger partial charge in [-0.1, -0.05) is 18.3 Å². The van der Waals surface area contributed by atoms with Gasteiger partial charge in [0, 0.05) is 24.4 Å². The number of aromatic nitrogens is 1. The zero-order chi connectivity index (χ0) is 13.1. The summed E-state index contributed by atoms with van der Waals surface area (Å²) in [6, 6.07) is 1.39. The van der Waals surface area contributed by atoms with E-state index in [0.29, 0.717) is 16.1 Å². The minimum absolute atomic E-state index is 0.0240. The molecule has 6 heteroatoms. The minimum Gasteiger partial charge on any atom is -0.362 e. The summed E-state index contributed by atoms with van der Waals surface area (Å²) in [7, 11) is 0. The molecule has 2 nitrogen and oxygen atoms in total. The van der Waals surface area contributed by atoms with E-state index in [1.54, 1.807) is 0 Å². The fourth-order valence-corrected chi connectivity index (χ4v) is 2.28. The first-order chi connectivity index (χ1) is 8.61. The Kier molecular flexibility index (Phi) is 3.86. The molecule has 0 aliphatic rings. The Balaban J connectivity index is 2.31. The lowest BCUT2D eigenvalue weighted by molar-refractivity contribution is 0.496. The quantitative estimate of drug-likeness (QED) is 0.849. The van der Waals surface area contributed by atoms with Crippen molar-refractivity contribution in [1.29, 1.82) is 0 Å². The highest BCUT2D eigenvalue weighted by molar-refractivity contribution is 7.18. The van der Waals surface area contributed by atoms with Crippen LogP contribution in [0.3, 0.4) is 0 Å². The second-order valence-electron chi connectivity index (χ2n) is 3.70. The topological polar surface area (TPSA) is 24.9 Å². The van der Waals surface area contributed by atoms with E-state index < -0.39 is 17.5 Å². The van der Waals surface area contributed by atoms with Crippen LogP contribution in [0.15, 0.2) is 18.3 Å². The highest BCUT2D eigenvalue weighted by atomic mass is 32.1.